The van der Waals surface area contributed by atoms with E-state index in [1.165, 1.54) is 0 Å². The molecule has 0 spiro atoms. The molecule has 0 bridgehead atoms. The first kappa shape index (κ1) is 21.2. The second-order valence-electron chi connectivity index (χ2n) is 7.10. The van der Waals surface area contributed by atoms with Crippen molar-refractivity contribution in [2.75, 3.05) is 7.11 Å². The normalized spacial score (nSPS) is 12.3. The van der Waals surface area contributed by atoms with Crippen LogP contribution in [0.1, 0.15) is 25.0 Å². The van der Waals surface area contributed by atoms with Crippen molar-refractivity contribution in [2.24, 2.45) is 0 Å². The van der Waals surface area contributed by atoms with Gasteiger partial charge >= 0.3 is 5.97 Å². The Morgan fingerprint density at radius 1 is 1.24 bits per heavy atom. The zero-order valence-electron chi connectivity index (χ0n) is 16.7. The number of hydrogen-bond acceptors (Lipinski definition) is 4. The fourth-order valence-corrected chi connectivity index (χ4v) is 3.76. The van der Waals surface area contributed by atoms with Gasteiger partial charge in [0.15, 0.2) is 11.5 Å². The van der Waals surface area contributed by atoms with Crippen LogP contribution in [0.15, 0.2) is 47.1 Å². The van der Waals surface area contributed by atoms with Gasteiger partial charge in [-0.2, -0.15) is 0 Å². The van der Waals surface area contributed by atoms with Gasteiger partial charge in [0.2, 0.25) is 0 Å². The summed E-state index contributed by atoms with van der Waals surface area (Å²) in [6.45, 7) is 4.21. The third kappa shape index (κ3) is 5.10. The molecule has 0 radical (unpaired) electrons. The second-order valence-corrected chi connectivity index (χ2v) is 8.01. The summed E-state index contributed by atoms with van der Waals surface area (Å²) in [5.74, 6) is 0.325. The number of methoxy groups -OCH3 is 1. The van der Waals surface area contributed by atoms with Crippen molar-refractivity contribution in [3.8, 4) is 11.5 Å². The Morgan fingerprint density at radius 3 is 2.69 bits per heavy atom. The van der Waals surface area contributed by atoms with Crippen LogP contribution in [0.4, 0.5) is 0 Å². The van der Waals surface area contributed by atoms with Crippen molar-refractivity contribution in [3.63, 3.8) is 0 Å². The molecule has 0 fully saturated rings. The number of carboxylic acid groups (broad SMARTS) is 1. The molecule has 3 rings (SSSR count). The summed E-state index contributed by atoms with van der Waals surface area (Å²) in [6, 6.07) is 10.9. The van der Waals surface area contributed by atoms with E-state index < -0.39 is 12.0 Å². The number of rotatable bonds is 9. The molecule has 154 valence electrons. The summed E-state index contributed by atoms with van der Waals surface area (Å²) < 4.78 is 12.2. The highest BCUT2D eigenvalue weighted by Crippen LogP contribution is 2.35. The molecular formula is C22H25BrN2O4. The first-order valence-electron chi connectivity index (χ1n) is 9.43. The SMILES string of the molecule is COc1cc(Br)cc(CN[C@H](Cc2c[nH]c3ccccc23)C(=O)O)c1OC(C)C. The van der Waals surface area contributed by atoms with Gasteiger partial charge in [0.25, 0.3) is 0 Å². The second kappa shape index (κ2) is 9.33. The van der Waals surface area contributed by atoms with E-state index in [-0.39, 0.29) is 6.10 Å². The number of aliphatic carboxylic acids is 1. The van der Waals surface area contributed by atoms with E-state index in [1.807, 2.05) is 56.4 Å². The van der Waals surface area contributed by atoms with Crippen LogP contribution in [0.3, 0.4) is 0 Å². The van der Waals surface area contributed by atoms with Gasteiger partial charge in [-0.1, -0.05) is 34.1 Å². The molecule has 0 saturated heterocycles. The lowest BCUT2D eigenvalue weighted by molar-refractivity contribution is -0.139. The van der Waals surface area contributed by atoms with Crippen molar-refractivity contribution >= 4 is 32.8 Å². The zero-order chi connectivity index (χ0) is 21.0. The molecule has 2 aromatic carbocycles. The number of aromatic amines is 1. The van der Waals surface area contributed by atoms with E-state index in [9.17, 15) is 9.90 Å². The molecule has 0 aliphatic heterocycles. The predicted molar refractivity (Wildman–Crippen MR) is 117 cm³/mol. The number of ether oxygens (including phenoxy) is 2. The topological polar surface area (TPSA) is 83.6 Å². The summed E-state index contributed by atoms with van der Waals surface area (Å²) in [4.78, 5) is 15.1. The Hall–Kier alpha value is -2.51. The van der Waals surface area contributed by atoms with E-state index in [0.717, 1.165) is 26.5 Å². The number of carboxylic acids is 1. The minimum absolute atomic E-state index is 0.0367. The molecular weight excluding hydrogens is 436 g/mol. The molecule has 1 atom stereocenters. The van der Waals surface area contributed by atoms with Crippen LogP contribution in [0.2, 0.25) is 0 Å². The van der Waals surface area contributed by atoms with Gasteiger partial charge in [0.1, 0.15) is 6.04 Å². The molecule has 0 amide bonds. The molecule has 1 aromatic heterocycles. The van der Waals surface area contributed by atoms with Crippen LogP contribution in [0.5, 0.6) is 11.5 Å². The largest absolute Gasteiger partial charge is 0.493 e. The van der Waals surface area contributed by atoms with Crippen LogP contribution in [-0.2, 0) is 17.8 Å². The maximum atomic E-state index is 11.9. The number of fused-ring (bicyclic) bond motifs is 1. The summed E-state index contributed by atoms with van der Waals surface area (Å²) in [7, 11) is 1.59. The average Bonchev–Trinajstić information content (AvgIpc) is 3.09. The quantitative estimate of drug-likeness (QED) is 0.437. The van der Waals surface area contributed by atoms with Crippen molar-refractivity contribution < 1.29 is 19.4 Å². The van der Waals surface area contributed by atoms with Crippen molar-refractivity contribution in [1.29, 1.82) is 0 Å². The van der Waals surface area contributed by atoms with Crippen LogP contribution in [0.25, 0.3) is 10.9 Å². The maximum absolute atomic E-state index is 11.9. The molecule has 3 aromatic rings. The molecule has 7 heteroatoms. The van der Waals surface area contributed by atoms with Gasteiger partial charge in [-0.05, 0) is 37.6 Å². The van der Waals surface area contributed by atoms with Crippen LogP contribution < -0.4 is 14.8 Å². The van der Waals surface area contributed by atoms with Crippen LogP contribution >= 0.6 is 15.9 Å². The third-order valence-electron chi connectivity index (χ3n) is 4.61. The monoisotopic (exact) mass is 460 g/mol. The number of halogens is 1. The number of carbonyl (C=O) groups is 1. The Balaban J connectivity index is 1.82. The lowest BCUT2D eigenvalue weighted by Crippen LogP contribution is -2.38. The Kier molecular flexibility index (Phi) is 6.82. The maximum Gasteiger partial charge on any atom is 0.321 e. The predicted octanol–water partition coefficient (Wildman–Crippen LogP) is 4.51. The Labute approximate surface area is 178 Å². The van der Waals surface area contributed by atoms with E-state index in [2.05, 4.69) is 26.2 Å². The van der Waals surface area contributed by atoms with Crippen molar-refractivity contribution in [3.05, 3.63) is 58.2 Å². The molecule has 1 heterocycles. The number of hydrogen-bond donors (Lipinski definition) is 3. The number of para-hydroxylation sites is 1. The summed E-state index contributed by atoms with van der Waals surface area (Å²) in [5.41, 5.74) is 2.79. The van der Waals surface area contributed by atoms with Crippen LogP contribution in [0, 0.1) is 0 Å². The van der Waals surface area contributed by atoms with E-state index in [4.69, 9.17) is 9.47 Å². The van der Waals surface area contributed by atoms with Crippen LogP contribution in [-0.4, -0.2) is 35.3 Å². The number of H-pyrrole nitrogens is 1. The smallest absolute Gasteiger partial charge is 0.321 e. The van der Waals surface area contributed by atoms with Crippen molar-refractivity contribution in [2.45, 2.75) is 39.0 Å². The number of benzene rings is 2. The van der Waals surface area contributed by atoms with E-state index in [1.54, 1.807) is 7.11 Å². The first-order valence-corrected chi connectivity index (χ1v) is 10.2. The third-order valence-corrected chi connectivity index (χ3v) is 5.06. The standard InChI is InChI=1S/C22H25BrN2O4/c1-13(2)29-21-15(8-16(23)10-20(21)28-3)12-25-19(22(26)27)9-14-11-24-18-7-5-4-6-17(14)18/h4-8,10-11,13,19,24-25H,9,12H2,1-3H3,(H,26,27)/t19-/m1/s1. The number of aromatic nitrogens is 1. The minimum atomic E-state index is -0.899. The zero-order valence-corrected chi connectivity index (χ0v) is 18.2. The highest BCUT2D eigenvalue weighted by atomic mass is 79.9. The minimum Gasteiger partial charge on any atom is -0.493 e. The molecule has 0 aliphatic rings. The Bertz CT molecular complexity index is 1000. The van der Waals surface area contributed by atoms with Gasteiger partial charge < -0.3 is 19.6 Å². The lowest BCUT2D eigenvalue weighted by Gasteiger charge is -2.20. The molecule has 29 heavy (non-hydrogen) atoms. The van der Waals surface area contributed by atoms with Crippen molar-refractivity contribution in [1.82, 2.24) is 10.3 Å². The van der Waals surface area contributed by atoms with Gasteiger partial charge in [-0.25, -0.2) is 0 Å². The highest BCUT2D eigenvalue weighted by molar-refractivity contribution is 9.10. The van der Waals surface area contributed by atoms with E-state index in [0.29, 0.717) is 24.5 Å². The van der Waals surface area contributed by atoms with Gasteiger partial charge in [-0.3, -0.25) is 10.1 Å². The summed E-state index contributed by atoms with van der Waals surface area (Å²) >= 11 is 3.48. The molecule has 0 saturated carbocycles. The van der Waals surface area contributed by atoms with Gasteiger partial charge in [-0.15, -0.1) is 0 Å². The number of nitrogens with one attached hydrogen (secondary N) is 2. The fraction of sp³-hybridized carbons (Fsp3) is 0.318. The van der Waals surface area contributed by atoms with Gasteiger partial charge in [0, 0.05) is 40.1 Å². The fourth-order valence-electron chi connectivity index (χ4n) is 3.28. The van der Waals surface area contributed by atoms with Gasteiger partial charge in [0.05, 0.1) is 13.2 Å². The summed E-state index contributed by atoms with van der Waals surface area (Å²) in [5, 5.41) is 14.0. The molecule has 3 N–H and O–H groups in total. The molecule has 0 unspecified atom stereocenters. The first-order chi connectivity index (χ1) is 13.9. The summed E-state index contributed by atoms with van der Waals surface area (Å²) in [6.07, 6.45) is 2.20. The molecule has 6 nitrogen and oxygen atoms in total. The lowest BCUT2D eigenvalue weighted by atomic mass is 10.0. The van der Waals surface area contributed by atoms with E-state index >= 15 is 0 Å². The average molecular weight is 461 g/mol. The Morgan fingerprint density at radius 2 is 2.00 bits per heavy atom. The molecule has 0 aliphatic carbocycles. The highest BCUT2D eigenvalue weighted by Gasteiger charge is 2.21.